The maximum absolute atomic E-state index is 11.9. The number of hydrogen-bond acceptors (Lipinski definition) is 2. The van der Waals surface area contributed by atoms with E-state index >= 15 is 0 Å². The Morgan fingerprint density at radius 1 is 1.00 bits per heavy atom. The van der Waals surface area contributed by atoms with Crippen LogP contribution in [-0.2, 0) is 4.79 Å². The van der Waals surface area contributed by atoms with Crippen LogP contribution in [0.3, 0.4) is 0 Å². The third-order valence-corrected chi connectivity index (χ3v) is 3.93. The predicted octanol–water partition coefficient (Wildman–Crippen LogP) is 3.18. The van der Waals surface area contributed by atoms with Crippen molar-refractivity contribution in [2.24, 2.45) is 17.3 Å². The first-order chi connectivity index (χ1) is 7.12. The Labute approximate surface area is 99.4 Å². The molecule has 0 amide bonds. The van der Waals surface area contributed by atoms with Gasteiger partial charge in [0.05, 0.1) is 0 Å². The van der Waals surface area contributed by atoms with E-state index in [-0.39, 0.29) is 11.7 Å². The van der Waals surface area contributed by atoms with Gasteiger partial charge in [0.2, 0.25) is 0 Å². The Morgan fingerprint density at radius 3 is 1.75 bits per heavy atom. The summed E-state index contributed by atoms with van der Waals surface area (Å²) in [5, 5.41) is 9.71. The summed E-state index contributed by atoms with van der Waals surface area (Å²) in [6.45, 7) is 10.0. The van der Waals surface area contributed by atoms with Crippen molar-refractivity contribution in [2.75, 3.05) is 0 Å². The van der Waals surface area contributed by atoms with Gasteiger partial charge in [0, 0.05) is 5.92 Å². The fraction of sp³-hybridized carbons (Fsp3) is 0.929. The number of carbonyl (C=O) groups is 1. The molecule has 0 aromatic carbocycles. The first-order valence-electron chi connectivity index (χ1n) is 6.39. The summed E-state index contributed by atoms with van der Waals surface area (Å²) in [5.41, 5.74) is -0.804. The fourth-order valence-corrected chi connectivity index (χ4v) is 2.72. The molecule has 94 valence electrons. The third kappa shape index (κ3) is 3.31. The van der Waals surface area contributed by atoms with Crippen molar-refractivity contribution in [1.29, 1.82) is 0 Å². The van der Waals surface area contributed by atoms with Crippen LogP contribution in [-0.4, -0.2) is 16.5 Å². The number of carbonyl (C=O) groups excluding carboxylic acids is 1. The molecule has 2 heteroatoms. The summed E-state index contributed by atoms with van der Waals surface area (Å²) in [6.07, 6.45) is 4.14. The summed E-state index contributed by atoms with van der Waals surface area (Å²) in [5.74, 6) is 0.830. The molecule has 1 rings (SSSR count). The normalized spacial score (nSPS) is 27.9. The molecule has 16 heavy (non-hydrogen) atoms. The molecule has 0 aliphatic heterocycles. The molecule has 1 aliphatic rings. The highest BCUT2D eigenvalue weighted by Gasteiger charge is 2.36. The molecule has 0 heterocycles. The van der Waals surface area contributed by atoms with Crippen molar-refractivity contribution in [3.63, 3.8) is 0 Å². The molecular formula is C14H26O2. The largest absolute Gasteiger partial charge is 0.383 e. The second-order valence-corrected chi connectivity index (χ2v) is 6.84. The van der Waals surface area contributed by atoms with Crippen LogP contribution >= 0.6 is 0 Å². The van der Waals surface area contributed by atoms with Crippen LogP contribution < -0.4 is 0 Å². The summed E-state index contributed by atoms with van der Waals surface area (Å²) >= 11 is 0. The number of Topliss-reactive ketones (excluding diaryl/α,β-unsaturated/α-hetero) is 1. The van der Waals surface area contributed by atoms with E-state index in [0.29, 0.717) is 5.41 Å². The Bertz CT molecular complexity index is 247. The van der Waals surface area contributed by atoms with Crippen molar-refractivity contribution in [3.8, 4) is 0 Å². The zero-order chi connectivity index (χ0) is 12.6. The van der Waals surface area contributed by atoms with E-state index in [2.05, 4.69) is 20.8 Å². The molecule has 0 aromatic heterocycles. The topological polar surface area (TPSA) is 37.3 Å². The smallest absolute Gasteiger partial charge is 0.166 e. The lowest BCUT2D eigenvalue weighted by atomic mass is 9.68. The van der Waals surface area contributed by atoms with Crippen LogP contribution in [0, 0.1) is 17.3 Å². The lowest BCUT2D eigenvalue weighted by Gasteiger charge is -2.37. The number of aliphatic hydroxyl groups is 1. The monoisotopic (exact) mass is 226 g/mol. The van der Waals surface area contributed by atoms with Crippen molar-refractivity contribution in [3.05, 3.63) is 0 Å². The quantitative estimate of drug-likeness (QED) is 0.785. The van der Waals surface area contributed by atoms with Crippen LogP contribution in [0.15, 0.2) is 0 Å². The maximum atomic E-state index is 11.9. The van der Waals surface area contributed by atoms with E-state index in [1.54, 1.807) is 13.8 Å². The van der Waals surface area contributed by atoms with Gasteiger partial charge in [0.15, 0.2) is 5.78 Å². The Balaban J connectivity index is 2.53. The molecule has 0 spiro atoms. The molecule has 0 radical (unpaired) electrons. The fourth-order valence-electron chi connectivity index (χ4n) is 2.72. The molecule has 1 aliphatic carbocycles. The Hall–Kier alpha value is -0.370. The summed E-state index contributed by atoms with van der Waals surface area (Å²) in [4.78, 5) is 11.9. The minimum absolute atomic E-state index is 0.0276. The van der Waals surface area contributed by atoms with Gasteiger partial charge in [0.25, 0.3) is 0 Å². The average molecular weight is 226 g/mol. The van der Waals surface area contributed by atoms with E-state index < -0.39 is 5.60 Å². The molecule has 0 aromatic rings. The van der Waals surface area contributed by atoms with Crippen molar-refractivity contribution < 1.29 is 9.90 Å². The number of rotatable bonds is 2. The van der Waals surface area contributed by atoms with Gasteiger partial charge in [0.1, 0.15) is 5.60 Å². The SMILES string of the molecule is CC(C)(O)C(=O)C1CCC(C(C)(C)C)CC1. The van der Waals surface area contributed by atoms with Crippen molar-refractivity contribution in [1.82, 2.24) is 0 Å². The summed E-state index contributed by atoms with van der Waals surface area (Å²) in [6, 6.07) is 0. The standard InChI is InChI=1S/C14H26O2/c1-13(2,3)11-8-6-10(7-9-11)12(15)14(4,5)16/h10-11,16H,6-9H2,1-5H3. The van der Waals surface area contributed by atoms with Crippen LogP contribution in [0.25, 0.3) is 0 Å². The average Bonchev–Trinajstić information content (AvgIpc) is 2.14. The van der Waals surface area contributed by atoms with Gasteiger partial charge < -0.3 is 5.11 Å². The molecule has 0 saturated heterocycles. The molecule has 0 atom stereocenters. The van der Waals surface area contributed by atoms with E-state index in [4.69, 9.17) is 0 Å². The predicted molar refractivity (Wildman–Crippen MR) is 66.2 cm³/mol. The van der Waals surface area contributed by atoms with Gasteiger partial charge in [-0.25, -0.2) is 0 Å². The highest BCUT2D eigenvalue weighted by Crippen LogP contribution is 2.40. The van der Waals surface area contributed by atoms with Crippen LogP contribution in [0.4, 0.5) is 0 Å². The van der Waals surface area contributed by atoms with Gasteiger partial charge in [-0.05, 0) is 50.9 Å². The molecular weight excluding hydrogens is 200 g/mol. The second-order valence-electron chi connectivity index (χ2n) is 6.84. The lowest BCUT2D eigenvalue weighted by Crippen LogP contribution is -2.39. The van der Waals surface area contributed by atoms with Gasteiger partial charge in [-0.1, -0.05) is 20.8 Å². The molecule has 2 nitrogen and oxygen atoms in total. The zero-order valence-corrected chi connectivity index (χ0v) is 11.3. The molecule has 0 unspecified atom stereocenters. The third-order valence-electron chi connectivity index (χ3n) is 3.93. The Morgan fingerprint density at radius 2 is 1.44 bits per heavy atom. The maximum Gasteiger partial charge on any atom is 0.166 e. The van der Waals surface area contributed by atoms with Gasteiger partial charge >= 0.3 is 0 Å². The minimum Gasteiger partial charge on any atom is -0.383 e. The van der Waals surface area contributed by atoms with E-state index in [9.17, 15) is 9.90 Å². The zero-order valence-electron chi connectivity index (χ0n) is 11.3. The van der Waals surface area contributed by atoms with E-state index in [0.717, 1.165) is 31.6 Å². The van der Waals surface area contributed by atoms with E-state index in [1.807, 2.05) is 0 Å². The lowest BCUT2D eigenvalue weighted by molar-refractivity contribution is -0.140. The minimum atomic E-state index is -1.15. The van der Waals surface area contributed by atoms with Gasteiger partial charge in [-0.3, -0.25) is 4.79 Å². The number of ketones is 1. The van der Waals surface area contributed by atoms with Crippen molar-refractivity contribution >= 4 is 5.78 Å². The molecule has 1 saturated carbocycles. The first kappa shape index (κ1) is 13.7. The summed E-state index contributed by atoms with van der Waals surface area (Å²) < 4.78 is 0. The number of hydrogen-bond donors (Lipinski definition) is 1. The Kier molecular flexibility index (Phi) is 3.83. The highest BCUT2D eigenvalue weighted by molar-refractivity contribution is 5.88. The van der Waals surface area contributed by atoms with Crippen LogP contribution in [0.2, 0.25) is 0 Å². The van der Waals surface area contributed by atoms with Crippen LogP contribution in [0.1, 0.15) is 60.3 Å². The van der Waals surface area contributed by atoms with Crippen molar-refractivity contribution in [2.45, 2.75) is 65.9 Å². The molecule has 1 fully saturated rings. The molecule has 1 N–H and O–H groups in total. The summed E-state index contributed by atoms with van der Waals surface area (Å²) in [7, 11) is 0. The van der Waals surface area contributed by atoms with Gasteiger partial charge in [-0.15, -0.1) is 0 Å². The highest BCUT2D eigenvalue weighted by atomic mass is 16.3. The van der Waals surface area contributed by atoms with E-state index in [1.165, 1.54) is 0 Å². The first-order valence-corrected chi connectivity index (χ1v) is 6.39. The van der Waals surface area contributed by atoms with Crippen LogP contribution in [0.5, 0.6) is 0 Å². The molecule has 0 bridgehead atoms. The van der Waals surface area contributed by atoms with Gasteiger partial charge in [-0.2, -0.15) is 0 Å². The second kappa shape index (κ2) is 4.48.